The van der Waals surface area contributed by atoms with Crippen molar-refractivity contribution in [3.63, 3.8) is 0 Å². The Bertz CT molecular complexity index is 206. The van der Waals surface area contributed by atoms with Gasteiger partial charge in [-0.1, -0.05) is 12.1 Å². The van der Waals surface area contributed by atoms with Crippen molar-refractivity contribution >= 4 is 17.3 Å². The first-order valence-electron chi connectivity index (χ1n) is 2.66. The van der Waals surface area contributed by atoms with E-state index in [2.05, 4.69) is 11.6 Å². The van der Waals surface area contributed by atoms with Crippen LogP contribution in [0, 0.1) is 11.6 Å². The molecule has 0 spiro atoms. The molecule has 0 N–H and O–H groups in total. The van der Waals surface area contributed by atoms with Crippen molar-refractivity contribution in [1.82, 2.24) is 0 Å². The lowest BCUT2D eigenvalue weighted by molar-refractivity contribution is 0.508. The minimum atomic E-state index is -0.799. The summed E-state index contributed by atoms with van der Waals surface area (Å²) in [6, 6.07) is 5.04. The molecule has 0 unspecified atom stereocenters. The summed E-state index contributed by atoms with van der Waals surface area (Å²) in [5, 5.41) is 0. The van der Waals surface area contributed by atoms with Gasteiger partial charge in [0.25, 0.3) is 0 Å². The van der Waals surface area contributed by atoms with Gasteiger partial charge < -0.3 is 0 Å². The van der Waals surface area contributed by atoms with E-state index in [0.29, 0.717) is 0 Å². The molecule has 0 saturated heterocycles. The van der Waals surface area contributed by atoms with E-state index in [1.807, 2.05) is 0 Å². The molecule has 11 heavy (non-hydrogen) atoms. The van der Waals surface area contributed by atoms with Gasteiger partial charge >= 0.3 is 0 Å². The van der Waals surface area contributed by atoms with Crippen LogP contribution in [0.5, 0.6) is 0 Å². The molecule has 0 heterocycles. The van der Waals surface area contributed by atoms with Crippen molar-refractivity contribution in [2.24, 2.45) is 0 Å². The van der Waals surface area contributed by atoms with Crippen LogP contribution in [0.15, 0.2) is 24.3 Å². The molecule has 0 aliphatic carbocycles. The summed E-state index contributed by atoms with van der Waals surface area (Å²) in [5.74, 6) is -1.37. The molecule has 0 atom stereocenters. The average molecular weight is 179 g/mol. The second-order valence-electron chi connectivity index (χ2n) is 1.50. The van der Waals surface area contributed by atoms with Crippen LogP contribution in [0.1, 0.15) is 0 Å². The number of benzene rings is 1. The second kappa shape index (κ2) is 5.80. The molecular formula is C7H5ClF2O. The van der Waals surface area contributed by atoms with Crippen LogP contribution in [0.4, 0.5) is 8.78 Å². The zero-order valence-corrected chi connectivity index (χ0v) is 6.18. The standard InChI is InChI=1S/C6H4F2.CHClO/c7-5-3-1-2-4-6(5)8;2-1-3/h1-4H;1H. The number of carbonyl (C=O) groups excluding carboxylic acids is 1. The second-order valence-corrected chi connectivity index (χ2v) is 1.68. The van der Waals surface area contributed by atoms with E-state index in [4.69, 9.17) is 4.79 Å². The van der Waals surface area contributed by atoms with Crippen LogP contribution in [-0.4, -0.2) is 5.75 Å². The zero-order valence-electron chi connectivity index (χ0n) is 5.43. The lowest BCUT2D eigenvalue weighted by atomic mass is 10.3. The third-order valence-electron chi connectivity index (χ3n) is 0.824. The minimum absolute atomic E-state index is 0.222. The van der Waals surface area contributed by atoms with E-state index in [0.717, 1.165) is 12.1 Å². The highest BCUT2D eigenvalue weighted by molar-refractivity contribution is 6.54. The van der Waals surface area contributed by atoms with Crippen LogP contribution >= 0.6 is 11.6 Å². The van der Waals surface area contributed by atoms with Crippen molar-refractivity contribution < 1.29 is 13.6 Å². The number of hydrogen-bond donors (Lipinski definition) is 0. The van der Waals surface area contributed by atoms with Gasteiger partial charge in [0.05, 0.1) is 0 Å². The van der Waals surface area contributed by atoms with Crippen LogP contribution in [-0.2, 0) is 4.79 Å². The van der Waals surface area contributed by atoms with E-state index < -0.39 is 11.6 Å². The zero-order chi connectivity index (χ0) is 8.69. The van der Waals surface area contributed by atoms with E-state index in [9.17, 15) is 8.78 Å². The minimum Gasteiger partial charge on any atom is -0.285 e. The first-order valence-corrected chi connectivity index (χ1v) is 3.10. The molecular weight excluding hydrogens is 174 g/mol. The van der Waals surface area contributed by atoms with Gasteiger partial charge in [-0.15, -0.1) is 0 Å². The van der Waals surface area contributed by atoms with E-state index in [1.54, 1.807) is 0 Å². The highest BCUT2D eigenvalue weighted by atomic mass is 35.5. The predicted molar refractivity (Wildman–Crippen MR) is 39.0 cm³/mol. The van der Waals surface area contributed by atoms with Gasteiger partial charge in [0.2, 0.25) is 5.75 Å². The van der Waals surface area contributed by atoms with E-state index in [-0.39, 0.29) is 5.75 Å². The maximum Gasteiger partial charge on any atom is 0.208 e. The number of halogens is 3. The van der Waals surface area contributed by atoms with Crippen LogP contribution in [0.3, 0.4) is 0 Å². The quantitative estimate of drug-likeness (QED) is 0.440. The SMILES string of the molecule is Fc1ccccc1F.O=CCl. The van der Waals surface area contributed by atoms with Gasteiger partial charge in [-0.05, 0) is 23.7 Å². The molecule has 0 bridgehead atoms. The lowest BCUT2D eigenvalue weighted by Gasteiger charge is -1.85. The molecule has 60 valence electrons. The van der Waals surface area contributed by atoms with E-state index >= 15 is 0 Å². The first-order chi connectivity index (χ1) is 5.22. The summed E-state index contributed by atoms with van der Waals surface area (Å²) >= 11 is 4.32. The highest BCUT2D eigenvalue weighted by Crippen LogP contribution is 2.01. The molecule has 1 aromatic carbocycles. The topological polar surface area (TPSA) is 17.1 Å². The third-order valence-corrected chi connectivity index (χ3v) is 0.824. The largest absolute Gasteiger partial charge is 0.285 e. The fourth-order valence-electron chi connectivity index (χ4n) is 0.439. The van der Waals surface area contributed by atoms with Gasteiger partial charge in [-0.3, -0.25) is 4.79 Å². The summed E-state index contributed by atoms with van der Waals surface area (Å²) in [4.78, 5) is 8.57. The Hall–Kier alpha value is -0.960. The summed E-state index contributed by atoms with van der Waals surface area (Å²) < 4.78 is 23.9. The normalized spacial score (nSPS) is 7.91. The maximum absolute atomic E-state index is 11.9. The molecule has 0 aliphatic rings. The maximum atomic E-state index is 11.9. The molecule has 0 fully saturated rings. The highest BCUT2D eigenvalue weighted by Gasteiger charge is 1.93. The Morgan fingerprint density at radius 2 is 1.45 bits per heavy atom. The average Bonchev–Trinajstić information content (AvgIpc) is 1.97. The van der Waals surface area contributed by atoms with Crippen LogP contribution in [0.2, 0.25) is 0 Å². The Morgan fingerprint density at radius 3 is 1.64 bits per heavy atom. The lowest BCUT2D eigenvalue weighted by Crippen LogP contribution is -1.77. The molecule has 4 heteroatoms. The number of rotatable bonds is 0. The Kier molecular flexibility index (Phi) is 5.29. The Labute approximate surface area is 67.6 Å². The monoisotopic (exact) mass is 178 g/mol. The van der Waals surface area contributed by atoms with Crippen LogP contribution < -0.4 is 0 Å². The van der Waals surface area contributed by atoms with Gasteiger partial charge in [0.1, 0.15) is 0 Å². The molecule has 0 amide bonds. The van der Waals surface area contributed by atoms with Gasteiger partial charge in [-0.2, -0.15) is 0 Å². The van der Waals surface area contributed by atoms with Crippen LogP contribution in [0.25, 0.3) is 0 Å². The number of carbonyl (C=O) groups is 1. The summed E-state index contributed by atoms with van der Waals surface area (Å²) in [6.07, 6.45) is 0. The van der Waals surface area contributed by atoms with Crippen molar-refractivity contribution in [3.8, 4) is 0 Å². The van der Waals surface area contributed by atoms with Crippen molar-refractivity contribution in [2.75, 3.05) is 0 Å². The predicted octanol–water partition coefficient (Wildman–Crippen LogP) is 2.38. The molecule has 1 aromatic rings. The van der Waals surface area contributed by atoms with Crippen molar-refractivity contribution in [1.29, 1.82) is 0 Å². The number of hydrogen-bond acceptors (Lipinski definition) is 1. The summed E-state index contributed by atoms with van der Waals surface area (Å²) in [5.41, 5.74) is 0. The smallest absolute Gasteiger partial charge is 0.208 e. The fraction of sp³-hybridized carbons (Fsp3) is 0. The molecule has 0 aromatic heterocycles. The molecule has 0 aliphatic heterocycles. The molecule has 0 radical (unpaired) electrons. The van der Waals surface area contributed by atoms with Crippen molar-refractivity contribution in [3.05, 3.63) is 35.9 Å². The summed E-state index contributed by atoms with van der Waals surface area (Å²) in [6.45, 7) is 0. The summed E-state index contributed by atoms with van der Waals surface area (Å²) in [7, 11) is 0. The molecule has 1 nitrogen and oxygen atoms in total. The van der Waals surface area contributed by atoms with E-state index in [1.165, 1.54) is 12.1 Å². The third kappa shape index (κ3) is 4.44. The van der Waals surface area contributed by atoms with Gasteiger partial charge in [-0.25, -0.2) is 8.78 Å². The Balaban J connectivity index is 0.000000292. The molecule has 1 rings (SSSR count). The van der Waals surface area contributed by atoms with Gasteiger partial charge in [0, 0.05) is 0 Å². The Morgan fingerprint density at radius 1 is 1.18 bits per heavy atom. The molecule has 0 saturated carbocycles. The first kappa shape index (κ1) is 10.0. The van der Waals surface area contributed by atoms with Crippen molar-refractivity contribution in [2.45, 2.75) is 0 Å². The fourth-order valence-corrected chi connectivity index (χ4v) is 0.439. The van der Waals surface area contributed by atoms with Gasteiger partial charge in [0.15, 0.2) is 11.6 Å².